The first-order valence-corrected chi connectivity index (χ1v) is 5.44. The van der Waals surface area contributed by atoms with Crippen molar-refractivity contribution >= 4 is 21.5 Å². The van der Waals surface area contributed by atoms with Crippen molar-refractivity contribution < 1.29 is 0 Å². The first kappa shape index (κ1) is 9.47. The molecule has 0 N–H and O–H groups in total. The predicted octanol–water partition coefficient (Wildman–Crippen LogP) is 4.35. The van der Waals surface area contributed by atoms with E-state index in [9.17, 15) is 0 Å². The number of halogens is 1. The highest BCUT2D eigenvalue weighted by Gasteiger charge is 2.03. The van der Waals surface area contributed by atoms with Crippen molar-refractivity contribution in [3.05, 3.63) is 64.7 Å². The van der Waals surface area contributed by atoms with Gasteiger partial charge in [-0.05, 0) is 23.6 Å². The van der Waals surface area contributed by atoms with Crippen LogP contribution in [0.4, 0.5) is 0 Å². The molecule has 0 radical (unpaired) electrons. The minimum Gasteiger partial charge on any atom is -0.0801 e. The third-order valence-corrected chi connectivity index (χ3v) is 2.90. The molecule has 0 saturated heterocycles. The third kappa shape index (κ3) is 2.05. The Morgan fingerprint density at radius 3 is 2.71 bits per heavy atom. The molecule has 2 rings (SSSR count). The lowest BCUT2D eigenvalue weighted by Gasteiger charge is -2.06. The number of hydrogen-bond donors (Lipinski definition) is 0. The molecule has 0 bridgehead atoms. The summed E-state index contributed by atoms with van der Waals surface area (Å²) >= 11 is 3.57. The Hall–Kier alpha value is -1.08. The zero-order valence-electron chi connectivity index (χ0n) is 7.78. The van der Waals surface area contributed by atoms with E-state index in [0.29, 0.717) is 0 Å². The van der Waals surface area contributed by atoms with Gasteiger partial charge in [0.2, 0.25) is 0 Å². The molecule has 0 heterocycles. The summed E-state index contributed by atoms with van der Waals surface area (Å²) in [5.41, 5.74) is 2.63. The topological polar surface area (TPSA) is 0 Å². The van der Waals surface area contributed by atoms with Crippen molar-refractivity contribution in [2.45, 2.75) is 6.42 Å². The van der Waals surface area contributed by atoms with E-state index >= 15 is 0 Å². The summed E-state index contributed by atoms with van der Waals surface area (Å²) in [5, 5.41) is 0. The molecular formula is C13H11Br. The molecule has 1 aliphatic carbocycles. The van der Waals surface area contributed by atoms with Gasteiger partial charge in [-0.15, -0.1) is 0 Å². The maximum absolute atomic E-state index is 3.57. The molecular weight excluding hydrogens is 236 g/mol. The molecule has 1 heteroatoms. The Morgan fingerprint density at radius 2 is 1.86 bits per heavy atom. The Kier molecular flexibility index (Phi) is 3.00. The maximum Gasteiger partial charge on any atom is 0.0250 e. The van der Waals surface area contributed by atoms with Crippen molar-refractivity contribution in [3.63, 3.8) is 0 Å². The smallest absolute Gasteiger partial charge is 0.0250 e. The molecule has 0 saturated carbocycles. The van der Waals surface area contributed by atoms with Crippen molar-refractivity contribution in [1.29, 1.82) is 0 Å². The van der Waals surface area contributed by atoms with Gasteiger partial charge in [0, 0.05) is 4.47 Å². The van der Waals surface area contributed by atoms with E-state index in [1.165, 1.54) is 11.1 Å². The van der Waals surface area contributed by atoms with E-state index in [1.54, 1.807) is 0 Å². The highest BCUT2D eigenvalue weighted by atomic mass is 79.9. The van der Waals surface area contributed by atoms with Gasteiger partial charge < -0.3 is 0 Å². The highest BCUT2D eigenvalue weighted by Crippen LogP contribution is 2.27. The van der Waals surface area contributed by atoms with Crippen molar-refractivity contribution in [2.75, 3.05) is 0 Å². The Balaban J connectivity index is 2.40. The summed E-state index contributed by atoms with van der Waals surface area (Å²) in [6.07, 6.45) is 11.6. The molecule has 0 atom stereocenters. The average molecular weight is 247 g/mol. The second-order valence-corrected chi connectivity index (χ2v) is 4.04. The summed E-state index contributed by atoms with van der Waals surface area (Å²) in [5.74, 6) is 0. The summed E-state index contributed by atoms with van der Waals surface area (Å²) in [4.78, 5) is 0. The molecule has 0 amide bonds. The van der Waals surface area contributed by atoms with Crippen LogP contribution in [-0.4, -0.2) is 0 Å². The van der Waals surface area contributed by atoms with Crippen molar-refractivity contribution in [2.24, 2.45) is 0 Å². The Morgan fingerprint density at radius 1 is 1.00 bits per heavy atom. The second-order valence-electron chi connectivity index (χ2n) is 3.19. The lowest BCUT2D eigenvalue weighted by Crippen LogP contribution is -1.83. The maximum atomic E-state index is 3.57. The molecule has 70 valence electrons. The first-order valence-electron chi connectivity index (χ1n) is 4.65. The third-order valence-electron chi connectivity index (χ3n) is 2.21. The van der Waals surface area contributed by atoms with Gasteiger partial charge in [-0.3, -0.25) is 0 Å². The van der Waals surface area contributed by atoms with Crippen LogP contribution in [-0.2, 0) is 0 Å². The molecule has 14 heavy (non-hydrogen) atoms. The fourth-order valence-corrected chi connectivity index (χ4v) is 2.04. The van der Waals surface area contributed by atoms with Crippen molar-refractivity contribution in [3.8, 4) is 0 Å². The van der Waals surface area contributed by atoms with Crippen LogP contribution in [0.3, 0.4) is 0 Å². The quantitative estimate of drug-likeness (QED) is 0.692. The highest BCUT2D eigenvalue weighted by molar-refractivity contribution is 9.10. The number of rotatable bonds is 1. The van der Waals surface area contributed by atoms with Gasteiger partial charge in [0.1, 0.15) is 0 Å². The zero-order valence-corrected chi connectivity index (χ0v) is 9.37. The monoisotopic (exact) mass is 246 g/mol. The molecule has 0 spiro atoms. The molecule has 0 unspecified atom stereocenters. The normalized spacial score (nSPS) is 15.1. The van der Waals surface area contributed by atoms with Gasteiger partial charge in [0.15, 0.2) is 0 Å². The van der Waals surface area contributed by atoms with E-state index < -0.39 is 0 Å². The van der Waals surface area contributed by atoms with E-state index in [4.69, 9.17) is 0 Å². The lowest BCUT2D eigenvalue weighted by atomic mass is 10.0. The van der Waals surface area contributed by atoms with Gasteiger partial charge in [0.25, 0.3) is 0 Å². The fraction of sp³-hybridized carbons (Fsp3) is 0.0769. The van der Waals surface area contributed by atoms with Crippen LogP contribution in [0.5, 0.6) is 0 Å². The average Bonchev–Trinajstić information content (AvgIpc) is 2.47. The molecule has 0 fully saturated rings. The van der Waals surface area contributed by atoms with Gasteiger partial charge >= 0.3 is 0 Å². The standard InChI is InChI=1S/C13H11Br/c14-13-10-6-5-9-12(13)11-7-3-1-2-4-8-11/h1-7,9-10H,8H2. The summed E-state index contributed by atoms with van der Waals surface area (Å²) in [6, 6.07) is 8.33. The second kappa shape index (κ2) is 4.43. The van der Waals surface area contributed by atoms with Crippen LogP contribution in [0.1, 0.15) is 12.0 Å². The van der Waals surface area contributed by atoms with E-state index in [1.807, 2.05) is 6.07 Å². The molecule has 1 aromatic rings. The van der Waals surface area contributed by atoms with E-state index in [2.05, 4.69) is 64.5 Å². The van der Waals surface area contributed by atoms with Crippen molar-refractivity contribution in [1.82, 2.24) is 0 Å². The molecule has 1 aromatic carbocycles. The molecule has 1 aliphatic rings. The predicted molar refractivity (Wildman–Crippen MR) is 65.0 cm³/mol. The largest absolute Gasteiger partial charge is 0.0801 e. The minimum absolute atomic E-state index is 0.996. The van der Waals surface area contributed by atoms with Gasteiger partial charge in [-0.2, -0.15) is 0 Å². The van der Waals surface area contributed by atoms with E-state index in [0.717, 1.165) is 10.9 Å². The van der Waals surface area contributed by atoms with Crippen LogP contribution in [0.15, 0.2) is 59.1 Å². The van der Waals surface area contributed by atoms with Crippen LogP contribution in [0.2, 0.25) is 0 Å². The fourth-order valence-electron chi connectivity index (χ4n) is 1.50. The van der Waals surface area contributed by atoms with Gasteiger partial charge in [-0.25, -0.2) is 0 Å². The lowest BCUT2D eigenvalue weighted by molar-refractivity contribution is 1.38. The van der Waals surface area contributed by atoms with Crippen LogP contribution in [0.25, 0.3) is 5.57 Å². The summed E-state index contributed by atoms with van der Waals surface area (Å²) in [7, 11) is 0. The van der Waals surface area contributed by atoms with Gasteiger partial charge in [-0.1, -0.05) is 64.5 Å². The zero-order chi connectivity index (χ0) is 9.80. The Labute approximate surface area is 92.8 Å². The number of hydrogen-bond acceptors (Lipinski definition) is 0. The molecule has 0 nitrogen and oxygen atoms in total. The van der Waals surface area contributed by atoms with E-state index in [-0.39, 0.29) is 0 Å². The SMILES string of the molecule is Brc1ccccc1C1=CC=CC=CC1. The molecule has 0 aromatic heterocycles. The minimum atomic E-state index is 0.996. The molecule has 0 aliphatic heterocycles. The van der Waals surface area contributed by atoms with Crippen LogP contribution >= 0.6 is 15.9 Å². The van der Waals surface area contributed by atoms with Crippen LogP contribution < -0.4 is 0 Å². The van der Waals surface area contributed by atoms with Crippen LogP contribution in [0, 0.1) is 0 Å². The summed E-state index contributed by atoms with van der Waals surface area (Å²) in [6.45, 7) is 0. The number of benzene rings is 1. The van der Waals surface area contributed by atoms with Gasteiger partial charge in [0.05, 0.1) is 0 Å². The number of allylic oxidation sites excluding steroid dienone is 6. The Bertz CT molecular complexity index is 411. The first-order chi connectivity index (χ1) is 6.88. The summed E-state index contributed by atoms with van der Waals surface area (Å²) < 4.78 is 1.16.